The Hall–Kier alpha value is -1.06. The van der Waals surface area contributed by atoms with Gasteiger partial charge in [-0.25, -0.2) is 0 Å². The van der Waals surface area contributed by atoms with Gasteiger partial charge in [0.15, 0.2) is 0 Å². The van der Waals surface area contributed by atoms with Crippen LogP contribution in [0.15, 0.2) is 0 Å². The quantitative estimate of drug-likeness (QED) is 0.611. The number of carbonyl (C=O) groups excluding carboxylic acids is 1. The molecule has 1 unspecified atom stereocenters. The van der Waals surface area contributed by atoms with Gasteiger partial charge in [-0.05, 0) is 18.8 Å². The fraction of sp³-hybridized carbons (Fsp3) is 0.846. The van der Waals surface area contributed by atoms with E-state index in [1.807, 2.05) is 6.92 Å². The van der Waals surface area contributed by atoms with Crippen LogP contribution in [0.5, 0.6) is 0 Å². The van der Waals surface area contributed by atoms with Crippen molar-refractivity contribution in [3.8, 4) is 0 Å². The van der Waals surface area contributed by atoms with Crippen molar-refractivity contribution in [2.75, 3.05) is 6.54 Å². The van der Waals surface area contributed by atoms with Crippen LogP contribution in [0.3, 0.4) is 0 Å². The minimum absolute atomic E-state index is 0.0458. The smallest absolute Gasteiger partial charge is 0.303 e. The molecule has 0 aliphatic carbocycles. The van der Waals surface area contributed by atoms with Gasteiger partial charge in [0, 0.05) is 18.9 Å². The number of nitrogens with one attached hydrogen (secondary N) is 1. The van der Waals surface area contributed by atoms with E-state index in [1.54, 1.807) is 0 Å². The van der Waals surface area contributed by atoms with E-state index in [9.17, 15) is 9.59 Å². The molecule has 0 saturated heterocycles. The largest absolute Gasteiger partial charge is 0.481 e. The highest BCUT2D eigenvalue weighted by Gasteiger charge is 2.20. The Kier molecular flexibility index (Phi) is 8.46. The predicted octanol–water partition coefficient (Wildman–Crippen LogP) is 2.43. The lowest BCUT2D eigenvalue weighted by Gasteiger charge is -2.20. The number of rotatable bonds is 9. The molecule has 2 N–H and O–H groups in total. The monoisotopic (exact) mass is 243 g/mol. The Balaban J connectivity index is 3.74. The zero-order valence-electron chi connectivity index (χ0n) is 11.2. The van der Waals surface area contributed by atoms with E-state index in [2.05, 4.69) is 19.2 Å². The van der Waals surface area contributed by atoms with Gasteiger partial charge >= 0.3 is 5.97 Å². The highest BCUT2D eigenvalue weighted by atomic mass is 16.4. The average molecular weight is 243 g/mol. The van der Waals surface area contributed by atoms with Gasteiger partial charge in [0.2, 0.25) is 5.91 Å². The number of amides is 1. The molecule has 0 spiro atoms. The fourth-order valence-electron chi connectivity index (χ4n) is 1.98. The van der Waals surface area contributed by atoms with Crippen LogP contribution in [0.25, 0.3) is 0 Å². The number of hydrogen-bond donors (Lipinski definition) is 2. The van der Waals surface area contributed by atoms with Crippen molar-refractivity contribution in [2.45, 2.75) is 52.9 Å². The first-order chi connectivity index (χ1) is 8.02. The van der Waals surface area contributed by atoms with E-state index < -0.39 is 5.97 Å². The van der Waals surface area contributed by atoms with E-state index >= 15 is 0 Å². The van der Waals surface area contributed by atoms with Gasteiger partial charge in [0.25, 0.3) is 0 Å². The third-order valence-electron chi connectivity index (χ3n) is 3.29. The highest BCUT2D eigenvalue weighted by molar-refractivity contribution is 5.78. The molecule has 100 valence electrons. The van der Waals surface area contributed by atoms with Crippen LogP contribution in [0.4, 0.5) is 0 Å². The Morgan fingerprint density at radius 3 is 2.24 bits per heavy atom. The predicted molar refractivity (Wildman–Crippen MR) is 67.7 cm³/mol. The number of carbonyl (C=O) groups is 2. The van der Waals surface area contributed by atoms with Crippen molar-refractivity contribution >= 4 is 11.9 Å². The van der Waals surface area contributed by atoms with Crippen LogP contribution in [0.1, 0.15) is 52.9 Å². The summed E-state index contributed by atoms with van der Waals surface area (Å²) in [5.74, 6) is -0.200. The lowest BCUT2D eigenvalue weighted by molar-refractivity contribution is -0.137. The number of carboxylic acid groups (broad SMARTS) is 1. The molecule has 0 aromatic heterocycles. The van der Waals surface area contributed by atoms with E-state index in [1.165, 1.54) is 0 Å². The summed E-state index contributed by atoms with van der Waals surface area (Å²) in [6, 6.07) is 0. The molecule has 0 radical (unpaired) electrons. The Morgan fingerprint density at radius 2 is 1.76 bits per heavy atom. The maximum absolute atomic E-state index is 11.8. The van der Waals surface area contributed by atoms with Crippen LogP contribution in [0.2, 0.25) is 0 Å². The third-order valence-corrected chi connectivity index (χ3v) is 3.29. The topological polar surface area (TPSA) is 66.4 Å². The van der Waals surface area contributed by atoms with E-state index in [-0.39, 0.29) is 18.2 Å². The van der Waals surface area contributed by atoms with E-state index in [0.29, 0.717) is 18.9 Å². The summed E-state index contributed by atoms with van der Waals surface area (Å²) >= 11 is 0. The maximum Gasteiger partial charge on any atom is 0.303 e. The average Bonchev–Trinajstić information content (AvgIpc) is 2.29. The first-order valence-corrected chi connectivity index (χ1v) is 6.52. The van der Waals surface area contributed by atoms with Crippen LogP contribution < -0.4 is 5.32 Å². The summed E-state index contributed by atoms with van der Waals surface area (Å²) in [5.41, 5.74) is 0. The maximum atomic E-state index is 11.8. The molecule has 4 nitrogen and oxygen atoms in total. The molecule has 17 heavy (non-hydrogen) atoms. The zero-order chi connectivity index (χ0) is 13.3. The fourth-order valence-corrected chi connectivity index (χ4v) is 1.98. The molecule has 0 aliphatic rings. The first kappa shape index (κ1) is 15.9. The third kappa shape index (κ3) is 6.97. The van der Waals surface area contributed by atoms with Gasteiger partial charge in [-0.15, -0.1) is 0 Å². The molecule has 4 heteroatoms. The van der Waals surface area contributed by atoms with Gasteiger partial charge < -0.3 is 10.4 Å². The molecule has 0 aliphatic heterocycles. The molecule has 0 heterocycles. The van der Waals surface area contributed by atoms with Crippen LogP contribution >= 0.6 is 0 Å². The first-order valence-electron chi connectivity index (χ1n) is 6.52. The summed E-state index contributed by atoms with van der Waals surface area (Å²) in [5, 5.41) is 11.3. The molecule has 0 bridgehead atoms. The standard InChI is InChI=1S/C13H25NO3/c1-4-11(5-2)10(3)13(17)14-9-7-6-8-12(15)16/h10-11H,4-9H2,1-3H3,(H,14,17)(H,15,16). The lowest BCUT2D eigenvalue weighted by atomic mass is 9.89. The lowest BCUT2D eigenvalue weighted by Crippen LogP contribution is -2.33. The van der Waals surface area contributed by atoms with E-state index in [0.717, 1.165) is 19.3 Å². The van der Waals surface area contributed by atoms with Gasteiger partial charge in [-0.1, -0.05) is 33.6 Å². The van der Waals surface area contributed by atoms with Crippen molar-refractivity contribution in [3.63, 3.8) is 0 Å². The van der Waals surface area contributed by atoms with Gasteiger partial charge in [-0.3, -0.25) is 9.59 Å². The van der Waals surface area contributed by atoms with Crippen molar-refractivity contribution in [1.82, 2.24) is 5.32 Å². The molecule has 1 amide bonds. The second-order valence-electron chi connectivity index (χ2n) is 4.51. The summed E-state index contributed by atoms with van der Waals surface area (Å²) in [7, 11) is 0. The molecule has 1 atom stereocenters. The number of hydrogen-bond acceptors (Lipinski definition) is 2. The van der Waals surface area contributed by atoms with Crippen LogP contribution in [-0.2, 0) is 9.59 Å². The Labute approximate surface area is 104 Å². The highest BCUT2D eigenvalue weighted by Crippen LogP contribution is 2.18. The molecule has 0 saturated carbocycles. The van der Waals surface area contributed by atoms with Crippen molar-refractivity contribution in [3.05, 3.63) is 0 Å². The summed E-state index contributed by atoms with van der Waals surface area (Å²) in [6.45, 7) is 6.75. The zero-order valence-corrected chi connectivity index (χ0v) is 11.2. The molecule has 0 aromatic rings. The molecular weight excluding hydrogens is 218 g/mol. The van der Waals surface area contributed by atoms with Crippen molar-refractivity contribution in [1.29, 1.82) is 0 Å². The number of aliphatic carboxylic acids is 1. The minimum Gasteiger partial charge on any atom is -0.481 e. The van der Waals surface area contributed by atoms with Crippen molar-refractivity contribution in [2.24, 2.45) is 11.8 Å². The number of unbranched alkanes of at least 4 members (excludes halogenated alkanes) is 1. The Morgan fingerprint density at radius 1 is 1.18 bits per heavy atom. The van der Waals surface area contributed by atoms with Crippen LogP contribution in [-0.4, -0.2) is 23.5 Å². The number of carboxylic acids is 1. The SMILES string of the molecule is CCC(CC)C(C)C(=O)NCCCCC(=O)O. The van der Waals surface area contributed by atoms with Gasteiger partial charge in [-0.2, -0.15) is 0 Å². The summed E-state index contributed by atoms with van der Waals surface area (Å²) < 4.78 is 0. The Bertz CT molecular complexity index is 237. The van der Waals surface area contributed by atoms with Gasteiger partial charge in [0.1, 0.15) is 0 Å². The van der Waals surface area contributed by atoms with Crippen LogP contribution in [0, 0.1) is 11.8 Å². The van der Waals surface area contributed by atoms with Gasteiger partial charge in [0.05, 0.1) is 0 Å². The second kappa shape index (κ2) is 9.02. The molecular formula is C13H25NO3. The molecule has 0 rings (SSSR count). The minimum atomic E-state index is -0.776. The summed E-state index contributed by atoms with van der Waals surface area (Å²) in [6.07, 6.45) is 3.56. The molecule has 0 aromatic carbocycles. The van der Waals surface area contributed by atoms with Crippen molar-refractivity contribution < 1.29 is 14.7 Å². The second-order valence-corrected chi connectivity index (χ2v) is 4.51. The molecule has 0 fully saturated rings. The normalized spacial score (nSPS) is 12.5. The van der Waals surface area contributed by atoms with E-state index in [4.69, 9.17) is 5.11 Å². The summed E-state index contributed by atoms with van der Waals surface area (Å²) in [4.78, 5) is 22.1.